The van der Waals surface area contributed by atoms with Crippen molar-refractivity contribution in [2.45, 2.75) is 50.3 Å². The number of ether oxygens (including phenoxy) is 2. The number of carbonyl (C=O) groups is 2. The Morgan fingerprint density at radius 3 is 1.17 bits per heavy atom. The molecule has 20 heteroatoms. The van der Waals surface area contributed by atoms with Crippen molar-refractivity contribution in [2.75, 3.05) is 0 Å². The highest BCUT2D eigenvalue weighted by atomic mass is 32.2. The molecule has 1 atom stereocenters. The van der Waals surface area contributed by atoms with E-state index in [0.29, 0.717) is 0 Å². The van der Waals surface area contributed by atoms with Crippen LogP contribution >= 0.6 is 0 Å². The lowest BCUT2D eigenvalue weighted by Gasteiger charge is -2.33. The van der Waals surface area contributed by atoms with Gasteiger partial charge < -0.3 is 9.47 Å². The first-order valence-corrected chi connectivity index (χ1v) is 13.8. The van der Waals surface area contributed by atoms with Gasteiger partial charge in [-0.15, -0.1) is 0 Å². The molecule has 0 saturated heterocycles. The summed E-state index contributed by atoms with van der Waals surface area (Å²) in [6.07, 6.45) is -1.22. The number of halogens is 8. The van der Waals surface area contributed by atoms with Crippen molar-refractivity contribution >= 4 is 32.2 Å². The molecule has 0 aliphatic rings. The Morgan fingerprint density at radius 1 is 0.619 bits per heavy atom. The molecule has 0 radical (unpaired) electrons. The zero-order valence-corrected chi connectivity index (χ0v) is 23.0. The van der Waals surface area contributed by atoms with Gasteiger partial charge in [-0.05, 0) is 33.6 Å². The fourth-order valence-corrected chi connectivity index (χ4v) is 4.92. The van der Waals surface area contributed by atoms with E-state index in [1.165, 1.54) is 6.92 Å². The van der Waals surface area contributed by atoms with Crippen LogP contribution < -0.4 is 9.47 Å². The highest BCUT2D eigenvalue weighted by Gasteiger charge is 2.45. The molecular formula is C22H18F8O10S2. The summed E-state index contributed by atoms with van der Waals surface area (Å²) in [5.74, 6) is -28.4. The van der Waals surface area contributed by atoms with Gasteiger partial charge in [0.1, 0.15) is 0 Å². The van der Waals surface area contributed by atoms with Gasteiger partial charge in [0.25, 0.3) is 0 Å². The first kappa shape index (κ1) is 34.8. The van der Waals surface area contributed by atoms with Crippen LogP contribution in [0.3, 0.4) is 0 Å². The average Bonchev–Trinajstić information content (AvgIpc) is 2.84. The maximum atomic E-state index is 14.3. The van der Waals surface area contributed by atoms with Gasteiger partial charge in [-0.1, -0.05) is 6.92 Å². The monoisotopic (exact) mass is 658 g/mol. The van der Waals surface area contributed by atoms with E-state index in [1.54, 1.807) is 0 Å². The van der Waals surface area contributed by atoms with Crippen molar-refractivity contribution < 1.29 is 80.1 Å². The second-order valence-electron chi connectivity index (χ2n) is 9.53. The fraction of sp³-hybridized carbons (Fsp3) is 0.364. The molecule has 0 aliphatic carbocycles. The van der Waals surface area contributed by atoms with Gasteiger partial charge >= 0.3 is 32.2 Å². The second-order valence-corrected chi connectivity index (χ2v) is 12.2. The molecule has 0 aromatic heterocycles. The predicted octanol–water partition coefficient (Wildman–Crippen LogP) is 4.64. The number of rotatable bonds is 9. The summed E-state index contributed by atoms with van der Waals surface area (Å²) in [6.45, 7) is 4.08. The second kappa shape index (κ2) is 11.4. The van der Waals surface area contributed by atoms with E-state index in [-0.39, 0.29) is 0 Å². The van der Waals surface area contributed by atoms with Crippen LogP contribution in [0.2, 0.25) is 0 Å². The van der Waals surface area contributed by atoms with E-state index in [9.17, 15) is 61.5 Å². The van der Waals surface area contributed by atoms with E-state index in [4.69, 9.17) is 9.11 Å². The highest BCUT2D eigenvalue weighted by molar-refractivity contribution is 7.86. The summed E-state index contributed by atoms with van der Waals surface area (Å²) in [4.78, 5) is 20.7. The lowest BCUT2D eigenvalue weighted by Crippen LogP contribution is -2.41. The van der Waals surface area contributed by atoms with E-state index < -0.39 is 124 Å². The molecule has 0 fully saturated rings. The summed E-state index contributed by atoms with van der Waals surface area (Å²) in [6, 6.07) is 0. The maximum Gasteiger partial charge on any atom is 0.317 e. The van der Waals surface area contributed by atoms with E-state index in [1.807, 2.05) is 0 Å². The van der Waals surface area contributed by atoms with Crippen molar-refractivity contribution in [3.8, 4) is 11.5 Å². The van der Waals surface area contributed by atoms with Gasteiger partial charge in [0, 0.05) is 0 Å². The van der Waals surface area contributed by atoms with Crippen LogP contribution in [-0.4, -0.2) is 37.9 Å². The molecule has 234 valence electrons. The molecule has 0 heterocycles. The van der Waals surface area contributed by atoms with Gasteiger partial charge in [0.05, 0.1) is 10.8 Å². The SMILES string of the molecule is CCC(C)(CC(C)(C)C(=O)Oc1c(F)c(F)c(S(=O)(=O)O)c(F)c1F)C(=O)Oc1c(F)c(F)c(S(=O)(=O)O)c(F)c1F. The largest absolute Gasteiger partial charge is 0.420 e. The van der Waals surface area contributed by atoms with Crippen molar-refractivity contribution in [2.24, 2.45) is 10.8 Å². The van der Waals surface area contributed by atoms with Gasteiger partial charge in [-0.25, -0.2) is 17.6 Å². The van der Waals surface area contributed by atoms with Crippen LogP contribution in [0, 0.1) is 57.4 Å². The Morgan fingerprint density at radius 2 is 0.905 bits per heavy atom. The lowest BCUT2D eigenvalue weighted by molar-refractivity contribution is -0.153. The smallest absolute Gasteiger partial charge is 0.317 e. The van der Waals surface area contributed by atoms with Crippen LogP contribution in [-0.2, 0) is 29.8 Å². The maximum absolute atomic E-state index is 14.3. The molecule has 42 heavy (non-hydrogen) atoms. The minimum absolute atomic E-state index is 0.394. The van der Waals surface area contributed by atoms with Crippen molar-refractivity contribution in [1.29, 1.82) is 0 Å². The van der Waals surface area contributed by atoms with Gasteiger partial charge in [0.2, 0.25) is 34.8 Å². The van der Waals surface area contributed by atoms with Crippen molar-refractivity contribution in [3.63, 3.8) is 0 Å². The zero-order valence-electron chi connectivity index (χ0n) is 21.4. The molecule has 0 aliphatic heterocycles. The summed E-state index contributed by atoms with van der Waals surface area (Å²) in [5.41, 5.74) is -4.18. The van der Waals surface area contributed by atoms with E-state index >= 15 is 0 Å². The minimum atomic E-state index is -5.83. The minimum Gasteiger partial charge on any atom is -0.420 e. The predicted molar refractivity (Wildman–Crippen MR) is 120 cm³/mol. The third-order valence-electron chi connectivity index (χ3n) is 5.93. The standard InChI is InChI=1S/C22H18F8O10S2/c1-5-22(4,20(32)40-16-9(25)13(29)18(42(36,37)38)14(30)10(16)26)6-21(2,3)19(31)39-15-7(23)11(27)17(41(33,34)35)12(28)8(15)24/h5-6H2,1-4H3,(H,33,34,35)(H,36,37,38). The van der Waals surface area contributed by atoms with Crippen LogP contribution in [0.15, 0.2) is 9.79 Å². The highest BCUT2D eigenvalue weighted by Crippen LogP contribution is 2.41. The Balaban J connectivity index is 2.46. The molecular weight excluding hydrogens is 640 g/mol. The number of esters is 2. The quantitative estimate of drug-likeness (QED) is 0.128. The van der Waals surface area contributed by atoms with Crippen LogP contribution in [0.25, 0.3) is 0 Å². The summed E-state index contributed by atoms with van der Waals surface area (Å²) < 4.78 is 184. The first-order chi connectivity index (χ1) is 18.8. The average molecular weight is 658 g/mol. The topological polar surface area (TPSA) is 161 Å². The van der Waals surface area contributed by atoms with Crippen molar-refractivity contribution in [3.05, 3.63) is 46.5 Å². The van der Waals surface area contributed by atoms with Crippen LogP contribution in [0.1, 0.15) is 40.5 Å². The number of hydrogen-bond donors (Lipinski definition) is 2. The molecule has 0 amide bonds. The summed E-state index contributed by atoms with van der Waals surface area (Å²) >= 11 is 0. The number of carbonyl (C=O) groups excluding carboxylic acids is 2. The Hall–Kier alpha value is -3.36. The van der Waals surface area contributed by atoms with Crippen LogP contribution in [0.4, 0.5) is 35.1 Å². The van der Waals surface area contributed by atoms with E-state index in [0.717, 1.165) is 20.8 Å². The molecule has 0 bridgehead atoms. The molecule has 2 aromatic carbocycles. The Bertz CT molecular complexity index is 1650. The molecule has 2 N–H and O–H groups in total. The van der Waals surface area contributed by atoms with Crippen molar-refractivity contribution in [1.82, 2.24) is 0 Å². The van der Waals surface area contributed by atoms with Gasteiger partial charge in [-0.3, -0.25) is 18.7 Å². The molecule has 1 unspecified atom stereocenters. The van der Waals surface area contributed by atoms with Gasteiger partial charge in [-0.2, -0.15) is 34.4 Å². The van der Waals surface area contributed by atoms with E-state index in [2.05, 4.69) is 9.47 Å². The van der Waals surface area contributed by atoms with Gasteiger partial charge in [0.15, 0.2) is 33.1 Å². The lowest BCUT2D eigenvalue weighted by atomic mass is 9.72. The third-order valence-corrected chi connectivity index (χ3v) is 7.68. The third kappa shape index (κ3) is 6.35. The summed E-state index contributed by atoms with van der Waals surface area (Å²) in [7, 11) is -11.7. The fourth-order valence-electron chi connectivity index (χ4n) is 3.65. The first-order valence-electron chi connectivity index (χ1n) is 10.9. The molecule has 0 saturated carbocycles. The normalized spacial score (nSPS) is 14.0. The Labute approximate surface area is 231 Å². The number of benzene rings is 2. The molecule has 2 aromatic rings. The molecule has 10 nitrogen and oxygen atoms in total. The zero-order chi connectivity index (χ0) is 32.9. The Kier molecular flexibility index (Phi) is 9.44. The summed E-state index contributed by atoms with van der Waals surface area (Å²) in [5, 5.41) is 0. The molecule has 2 rings (SSSR count). The number of hydrogen-bond acceptors (Lipinski definition) is 8. The molecule has 0 spiro atoms. The van der Waals surface area contributed by atoms with Crippen LogP contribution in [0.5, 0.6) is 11.5 Å².